The van der Waals surface area contributed by atoms with Crippen molar-refractivity contribution in [2.24, 2.45) is 5.92 Å². The first-order valence-corrected chi connectivity index (χ1v) is 3.65. The van der Waals surface area contributed by atoms with E-state index in [9.17, 15) is 9.59 Å². The summed E-state index contributed by atoms with van der Waals surface area (Å²) in [5.74, 6) is -1.03. The second-order valence-corrected chi connectivity index (χ2v) is 2.40. The molecule has 1 fully saturated rings. The van der Waals surface area contributed by atoms with Crippen molar-refractivity contribution in [1.29, 1.82) is 0 Å². The molecule has 4 heteroatoms. The summed E-state index contributed by atoms with van der Waals surface area (Å²) in [5.41, 5.74) is 0. The Hall–Kier alpha value is -0.900. The third kappa shape index (κ3) is 1.77. The average molecular weight is 157 g/mol. The van der Waals surface area contributed by atoms with Crippen molar-refractivity contribution in [1.82, 2.24) is 5.32 Å². The summed E-state index contributed by atoms with van der Waals surface area (Å²) in [5, 5.41) is 2.81. The first kappa shape index (κ1) is 8.20. The third-order valence-corrected chi connectivity index (χ3v) is 1.61. The number of nitrogens with one attached hydrogen (secondary N) is 1. The van der Waals surface area contributed by atoms with Gasteiger partial charge in [0.25, 0.3) is 0 Å². The molecule has 1 aliphatic heterocycles. The van der Waals surface area contributed by atoms with Crippen LogP contribution in [0.1, 0.15) is 6.92 Å². The van der Waals surface area contributed by atoms with E-state index in [-0.39, 0.29) is 5.78 Å². The second kappa shape index (κ2) is 3.48. The van der Waals surface area contributed by atoms with Crippen LogP contribution in [0, 0.1) is 5.92 Å². The minimum absolute atomic E-state index is 0.0662. The normalized spacial score (nSPS) is 23.7. The Balaban J connectivity index is 2.46. The van der Waals surface area contributed by atoms with Gasteiger partial charge < -0.3 is 10.1 Å². The minimum atomic E-state index is -0.560. The third-order valence-electron chi connectivity index (χ3n) is 1.61. The quantitative estimate of drug-likeness (QED) is 0.427. The van der Waals surface area contributed by atoms with Gasteiger partial charge in [-0.05, 0) is 6.92 Å². The van der Waals surface area contributed by atoms with E-state index in [4.69, 9.17) is 4.74 Å². The highest BCUT2D eigenvalue weighted by Gasteiger charge is 2.31. The molecule has 1 N–H and O–H groups in total. The van der Waals surface area contributed by atoms with Crippen molar-refractivity contribution in [3.63, 3.8) is 0 Å². The van der Waals surface area contributed by atoms with Crippen molar-refractivity contribution < 1.29 is 14.3 Å². The SMILES string of the molecule is CCOC(=O)[C@H]1CNCC1=O. The van der Waals surface area contributed by atoms with Crippen LogP contribution < -0.4 is 5.32 Å². The number of ether oxygens (including phenoxy) is 1. The lowest BCUT2D eigenvalue weighted by Gasteiger charge is -2.04. The fraction of sp³-hybridized carbons (Fsp3) is 0.714. The van der Waals surface area contributed by atoms with E-state index in [0.29, 0.717) is 19.7 Å². The number of ketones is 1. The highest BCUT2D eigenvalue weighted by Crippen LogP contribution is 2.05. The van der Waals surface area contributed by atoms with Crippen LogP contribution in [-0.2, 0) is 14.3 Å². The van der Waals surface area contributed by atoms with Crippen LogP contribution in [0.2, 0.25) is 0 Å². The molecule has 0 radical (unpaired) electrons. The molecular formula is C7H11NO3. The van der Waals surface area contributed by atoms with Crippen LogP contribution in [0.4, 0.5) is 0 Å². The monoisotopic (exact) mass is 157 g/mol. The van der Waals surface area contributed by atoms with Crippen LogP contribution in [0.3, 0.4) is 0 Å². The van der Waals surface area contributed by atoms with Gasteiger partial charge in [-0.2, -0.15) is 0 Å². The maximum Gasteiger partial charge on any atom is 0.317 e. The van der Waals surface area contributed by atoms with Gasteiger partial charge in [-0.15, -0.1) is 0 Å². The van der Waals surface area contributed by atoms with Crippen molar-refractivity contribution in [3.05, 3.63) is 0 Å². The average Bonchev–Trinajstić information content (AvgIpc) is 2.36. The molecule has 62 valence electrons. The smallest absolute Gasteiger partial charge is 0.317 e. The molecule has 1 atom stereocenters. The van der Waals surface area contributed by atoms with E-state index in [1.165, 1.54) is 0 Å². The highest BCUT2D eigenvalue weighted by atomic mass is 16.5. The number of esters is 1. The van der Waals surface area contributed by atoms with Gasteiger partial charge in [0.1, 0.15) is 5.92 Å². The lowest BCUT2D eigenvalue weighted by atomic mass is 10.1. The number of Topliss-reactive ketones (excluding diaryl/α,β-unsaturated/α-hetero) is 1. The van der Waals surface area contributed by atoms with Gasteiger partial charge in [0, 0.05) is 6.54 Å². The summed E-state index contributed by atoms with van der Waals surface area (Å²) in [6, 6.07) is 0. The van der Waals surface area contributed by atoms with Gasteiger partial charge in [-0.25, -0.2) is 0 Å². The summed E-state index contributed by atoms with van der Waals surface area (Å²) in [6.07, 6.45) is 0. The molecule has 0 spiro atoms. The fourth-order valence-corrected chi connectivity index (χ4v) is 1.03. The van der Waals surface area contributed by atoms with Gasteiger partial charge in [0.05, 0.1) is 13.2 Å². The number of hydrogen-bond acceptors (Lipinski definition) is 4. The topological polar surface area (TPSA) is 55.4 Å². The van der Waals surface area contributed by atoms with Crippen molar-refractivity contribution in [3.8, 4) is 0 Å². The maximum absolute atomic E-state index is 11.0. The Bertz CT molecular complexity index is 179. The number of carbonyl (C=O) groups excluding carboxylic acids is 2. The molecule has 0 amide bonds. The highest BCUT2D eigenvalue weighted by molar-refractivity contribution is 6.01. The van der Waals surface area contributed by atoms with Crippen LogP contribution in [0.5, 0.6) is 0 Å². The Kier molecular flexibility index (Phi) is 2.59. The standard InChI is InChI=1S/C7H11NO3/c1-2-11-7(10)5-3-8-4-6(5)9/h5,8H,2-4H2,1H3/t5-/m0/s1. The predicted molar refractivity (Wildman–Crippen MR) is 38.0 cm³/mol. The molecule has 4 nitrogen and oxygen atoms in total. The summed E-state index contributed by atoms with van der Waals surface area (Å²) in [4.78, 5) is 21.9. The van der Waals surface area contributed by atoms with E-state index in [1.54, 1.807) is 6.92 Å². The van der Waals surface area contributed by atoms with E-state index < -0.39 is 11.9 Å². The van der Waals surface area contributed by atoms with E-state index in [0.717, 1.165) is 0 Å². The predicted octanol–water partition coefficient (Wildman–Crippen LogP) is -0.662. The molecule has 0 aromatic rings. The molecular weight excluding hydrogens is 146 g/mol. The molecule has 1 rings (SSSR count). The van der Waals surface area contributed by atoms with Crippen LogP contribution in [0.15, 0.2) is 0 Å². The number of hydrogen-bond donors (Lipinski definition) is 1. The largest absolute Gasteiger partial charge is 0.465 e. The Morgan fingerprint density at radius 2 is 2.55 bits per heavy atom. The molecule has 0 saturated carbocycles. The molecule has 1 saturated heterocycles. The number of carbonyl (C=O) groups is 2. The van der Waals surface area contributed by atoms with Gasteiger partial charge in [-0.1, -0.05) is 0 Å². The summed E-state index contributed by atoms with van der Waals surface area (Å²) < 4.78 is 4.70. The molecule has 1 aliphatic rings. The lowest BCUT2D eigenvalue weighted by molar-refractivity contribution is -0.149. The van der Waals surface area contributed by atoms with E-state index in [1.807, 2.05) is 0 Å². The molecule has 11 heavy (non-hydrogen) atoms. The van der Waals surface area contributed by atoms with Gasteiger partial charge in [0.2, 0.25) is 0 Å². The summed E-state index contributed by atoms with van der Waals surface area (Å²) in [6.45, 7) is 2.79. The zero-order valence-corrected chi connectivity index (χ0v) is 6.42. The second-order valence-electron chi connectivity index (χ2n) is 2.40. The molecule has 0 aliphatic carbocycles. The minimum Gasteiger partial charge on any atom is -0.465 e. The van der Waals surface area contributed by atoms with Gasteiger partial charge in [-0.3, -0.25) is 9.59 Å². The zero-order valence-electron chi connectivity index (χ0n) is 6.42. The van der Waals surface area contributed by atoms with E-state index >= 15 is 0 Å². The maximum atomic E-state index is 11.0. The molecule has 0 bridgehead atoms. The van der Waals surface area contributed by atoms with Gasteiger partial charge in [0.15, 0.2) is 5.78 Å². The molecule has 1 heterocycles. The molecule has 0 aromatic carbocycles. The Morgan fingerprint density at radius 1 is 1.82 bits per heavy atom. The Labute approximate surface area is 64.9 Å². The first-order valence-electron chi connectivity index (χ1n) is 3.65. The Morgan fingerprint density at radius 3 is 3.00 bits per heavy atom. The van der Waals surface area contributed by atoms with Crippen molar-refractivity contribution in [2.75, 3.05) is 19.7 Å². The molecule has 0 aromatic heterocycles. The fourth-order valence-electron chi connectivity index (χ4n) is 1.03. The summed E-state index contributed by atoms with van der Waals surface area (Å²) in [7, 11) is 0. The lowest BCUT2D eigenvalue weighted by Crippen LogP contribution is -2.24. The first-order chi connectivity index (χ1) is 5.25. The van der Waals surface area contributed by atoms with Crippen molar-refractivity contribution in [2.45, 2.75) is 6.92 Å². The van der Waals surface area contributed by atoms with Gasteiger partial charge >= 0.3 is 5.97 Å². The number of rotatable bonds is 2. The zero-order chi connectivity index (χ0) is 8.27. The van der Waals surface area contributed by atoms with Crippen LogP contribution in [-0.4, -0.2) is 31.4 Å². The summed E-state index contributed by atoms with van der Waals surface area (Å²) >= 11 is 0. The van der Waals surface area contributed by atoms with Crippen LogP contribution in [0.25, 0.3) is 0 Å². The van der Waals surface area contributed by atoms with Crippen molar-refractivity contribution >= 4 is 11.8 Å². The van der Waals surface area contributed by atoms with E-state index in [2.05, 4.69) is 5.32 Å². The molecule has 0 unspecified atom stereocenters. The van der Waals surface area contributed by atoms with Crippen LogP contribution >= 0.6 is 0 Å².